The number of aromatic nitrogens is 2. The van der Waals surface area contributed by atoms with Crippen LogP contribution in [0.4, 0.5) is 4.39 Å². The zero-order valence-electron chi connectivity index (χ0n) is 15.2. The molecular formula is C20H17FN2O4S. The lowest BCUT2D eigenvalue weighted by molar-refractivity contribution is 0.0465. The van der Waals surface area contributed by atoms with Crippen molar-refractivity contribution < 1.29 is 23.5 Å². The van der Waals surface area contributed by atoms with Crippen molar-refractivity contribution >= 4 is 23.5 Å². The number of methoxy groups -OCH3 is 1. The predicted molar refractivity (Wildman–Crippen MR) is 103 cm³/mol. The van der Waals surface area contributed by atoms with Gasteiger partial charge in [-0.2, -0.15) is 0 Å². The number of ketones is 1. The van der Waals surface area contributed by atoms with E-state index in [1.54, 1.807) is 4.57 Å². The molecule has 144 valence electrons. The third-order valence-corrected chi connectivity index (χ3v) is 4.58. The molecule has 2 aromatic carbocycles. The molecule has 1 aromatic heterocycles. The van der Waals surface area contributed by atoms with Crippen LogP contribution < -0.4 is 4.74 Å². The SMILES string of the molecule is COc1ccc(F)cc1C(=O)COC(=O)c1cnc(SC)n1-c1ccccc1. The van der Waals surface area contributed by atoms with E-state index < -0.39 is 24.2 Å². The minimum Gasteiger partial charge on any atom is -0.496 e. The van der Waals surface area contributed by atoms with E-state index >= 15 is 0 Å². The van der Waals surface area contributed by atoms with Gasteiger partial charge in [0.1, 0.15) is 11.6 Å². The van der Waals surface area contributed by atoms with Crippen LogP contribution in [-0.2, 0) is 4.74 Å². The summed E-state index contributed by atoms with van der Waals surface area (Å²) < 4.78 is 25.3. The highest BCUT2D eigenvalue weighted by atomic mass is 32.2. The van der Waals surface area contributed by atoms with Gasteiger partial charge in [-0.15, -0.1) is 0 Å². The van der Waals surface area contributed by atoms with Crippen molar-refractivity contribution in [3.8, 4) is 11.4 Å². The Morgan fingerprint density at radius 2 is 1.93 bits per heavy atom. The second-order valence-electron chi connectivity index (χ2n) is 5.65. The highest BCUT2D eigenvalue weighted by Crippen LogP contribution is 2.23. The summed E-state index contributed by atoms with van der Waals surface area (Å²) in [6.45, 7) is -0.548. The molecule has 0 saturated carbocycles. The Balaban J connectivity index is 1.80. The molecule has 0 fully saturated rings. The topological polar surface area (TPSA) is 70.4 Å². The smallest absolute Gasteiger partial charge is 0.357 e. The van der Waals surface area contributed by atoms with Gasteiger partial charge in [0.25, 0.3) is 0 Å². The van der Waals surface area contributed by atoms with Crippen LogP contribution in [0.25, 0.3) is 5.69 Å². The van der Waals surface area contributed by atoms with Crippen molar-refractivity contribution in [1.29, 1.82) is 0 Å². The summed E-state index contributed by atoms with van der Waals surface area (Å²) in [6, 6.07) is 12.8. The lowest BCUT2D eigenvalue weighted by Gasteiger charge is -2.11. The number of thioether (sulfide) groups is 1. The maximum atomic E-state index is 13.5. The van der Waals surface area contributed by atoms with Gasteiger partial charge in [0, 0.05) is 5.69 Å². The molecule has 0 radical (unpaired) electrons. The molecule has 0 unspecified atom stereocenters. The lowest BCUT2D eigenvalue weighted by atomic mass is 10.1. The van der Waals surface area contributed by atoms with Crippen molar-refractivity contribution in [3.63, 3.8) is 0 Å². The van der Waals surface area contributed by atoms with Crippen molar-refractivity contribution in [2.24, 2.45) is 0 Å². The number of para-hydroxylation sites is 1. The second kappa shape index (κ2) is 8.71. The van der Waals surface area contributed by atoms with Crippen molar-refractivity contribution in [3.05, 3.63) is 71.8 Å². The van der Waals surface area contributed by atoms with E-state index in [2.05, 4.69) is 4.98 Å². The summed E-state index contributed by atoms with van der Waals surface area (Å²) in [5.74, 6) is -1.65. The number of imidazole rings is 1. The Morgan fingerprint density at radius 1 is 1.18 bits per heavy atom. The molecule has 28 heavy (non-hydrogen) atoms. The quantitative estimate of drug-likeness (QED) is 0.342. The van der Waals surface area contributed by atoms with Crippen molar-refractivity contribution in [1.82, 2.24) is 9.55 Å². The fourth-order valence-corrected chi connectivity index (χ4v) is 3.17. The first-order valence-corrected chi connectivity index (χ1v) is 9.48. The van der Waals surface area contributed by atoms with E-state index in [0.29, 0.717) is 5.16 Å². The van der Waals surface area contributed by atoms with E-state index in [-0.39, 0.29) is 17.0 Å². The summed E-state index contributed by atoms with van der Waals surface area (Å²) in [4.78, 5) is 29.2. The summed E-state index contributed by atoms with van der Waals surface area (Å²) in [5.41, 5.74) is 0.945. The molecule has 0 aliphatic rings. The molecule has 0 saturated heterocycles. The van der Waals surface area contributed by atoms with Gasteiger partial charge in [0.2, 0.25) is 5.78 Å². The van der Waals surface area contributed by atoms with Crippen LogP contribution in [0.3, 0.4) is 0 Å². The van der Waals surface area contributed by atoms with Gasteiger partial charge in [0.15, 0.2) is 17.5 Å². The molecule has 8 heteroatoms. The normalized spacial score (nSPS) is 10.5. The summed E-state index contributed by atoms with van der Waals surface area (Å²) in [7, 11) is 1.37. The van der Waals surface area contributed by atoms with Crippen LogP contribution in [0.5, 0.6) is 5.75 Å². The first kappa shape index (κ1) is 19.6. The number of nitrogens with zero attached hydrogens (tertiary/aromatic N) is 2. The zero-order chi connectivity index (χ0) is 20.1. The van der Waals surface area contributed by atoms with Crippen LogP contribution in [0.15, 0.2) is 59.9 Å². The predicted octanol–water partition coefficient (Wildman–Crippen LogP) is 3.78. The van der Waals surface area contributed by atoms with E-state index in [9.17, 15) is 14.0 Å². The Hall–Kier alpha value is -3.13. The number of hydrogen-bond acceptors (Lipinski definition) is 6. The number of carbonyl (C=O) groups is 2. The highest BCUT2D eigenvalue weighted by molar-refractivity contribution is 7.98. The molecule has 3 aromatic rings. The van der Waals surface area contributed by atoms with Crippen LogP contribution in [-0.4, -0.2) is 41.3 Å². The molecular weight excluding hydrogens is 383 g/mol. The largest absolute Gasteiger partial charge is 0.496 e. The van der Waals surface area contributed by atoms with Crippen LogP contribution in [0.2, 0.25) is 0 Å². The first-order valence-electron chi connectivity index (χ1n) is 8.26. The number of esters is 1. The van der Waals surface area contributed by atoms with Gasteiger partial charge < -0.3 is 9.47 Å². The standard InChI is InChI=1S/C20H17FN2O4S/c1-26-18-9-8-13(21)10-15(18)17(24)12-27-19(25)16-11-22-20(28-2)23(16)14-6-4-3-5-7-14/h3-11H,12H2,1-2H3. The number of hydrogen-bond donors (Lipinski definition) is 0. The number of halogens is 1. The summed E-state index contributed by atoms with van der Waals surface area (Å²) in [6.07, 6.45) is 3.24. The fraction of sp³-hybridized carbons (Fsp3) is 0.150. The number of benzene rings is 2. The fourth-order valence-electron chi connectivity index (χ4n) is 2.63. The van der Waals surface area contributed by atoms with Crippen molar-refractivity contribution in [2.75, 3.05) is 20.0 Å². The van der Waals surface area contributed by atoms with Crippen LogP contribution in [0, 0.1) is 5.82 Å². The minimum absolute atomic E-state index is 0.0108. The highest BCUT2D eigenvalue weighted by Gasteiger charge is 2.21. The van der Waals surface area contributed by atoms with E-state index in [1.165, 1.54) is 37.2 Å². The molecule has 0 aliphatic heterocycles. The third-order valence-electron chi connectivity index (χ3n) is 3.93. The number of rotatable bonds is 7. The monoisotopic (exact) mass is 400 g/mol. The molecule has 0 amide bonds. The van der Waals surface area contributed by atoms with E-state index in [0.717, 1.165) is 11.8 Å². The average Bonchev–Trinajstić information content (AvgIpc) is 3.16. The maximum Gasteiger partial charge on any atom is 0.357 e. The number of Topliss-reactive ketones (excluding diaryl/α,β-unsaturated/α-hetero) is 1. The maximum absolute atomic E-state index is 13.5. The van der Waals surface area contributed by atoms with Gasteiger partial charge in [0.05, 0.1) is 18.9 Å². The molecule has 1 heterocycles. The average molecular weight is 400 g/mol. The molecule has 0 atom stereocenters. The first-order chi connectivity index (χ1) is 13.5. The zero-order valence-corrected chi connectivity index (χ0v) is 16.0. The van der Waals surface area contributed by atoms with E-state index in [1.807, 2.05) is 36.6 Å². The Labute approximate surface area is 165 Å². The van der Waals surface area contributed by atoms with E-state index in [4.69, 9.17) is 9.47 Å². The number of ether oxygens (including phenoxy) is 2. The summed E-state index contributed by atoms with van der Waals surface area (Å²) >= 11 is 1.38. The Morgan fingerprint density at radius 3 is 2.61 bits per heavy atom. The number of carbonyl (C=O) groups excluding carboxylic acids is 2. The van der Waals surface area contributed by atoms with Gasteiger partial charge in [-0.3, -0.25) is 9.36 Å². The molecule has 6 nitrogen and oxygen atoms in total. The van der Waals surface area contributed by atoms with Gasteiger partial charge in [-0.05, 0) is 36.6 Å². The Kier molecular flexibility index (Phi) is 6.10. The van der Waals surface area contributed by atoms with Gasteiger partial charge in [-0.1, -0.05) is 30.0 Å². The van der Waals surface area contributed by atoms with Gasteiger partial charge >= 0.3 is 5.97 Å². The summed E-state index contributed by atoms with van der Waals surface area (Å²) in [5, 5.41) is 0.608. The molecule has 0 bridgehead atoms. The Bertz CT molecular complexity index is 1000. The lowest BCUT2D eigenvalue weighted by Crippen LogP contribution is -2.17. The molecule has 0 N–H and O–H groups in total. The second-order valence-corrected chi connectivity index (χ2v) is 6.42. The third kappa shape index (κ3) is 4.07. The van der Waals surface area contributed by atoms with Crippen LogP contribution >= 0.6 is 11.8 Å². The van der Waals surface area contributed by atoms with Gasteiger partial charge in [-0.25, -0.2) is 14.2 Å². The molecule has 3 rings (SSSR count). The van der Waals surface area contributed by atoms with Crippen molar-refractivity contribution in [2.45, 2.75) is 5.16 Å². The molecule has 0 spiro atoms. The minimum atomic E-state index is -0.708. The molecule has 0 aliphatic carbocycles. The van der Waals surface area contributed by atoms with Crippen LogP contribution in [0.1, 0.15) is 20.8 Å².